The summed E-state index contributed by atoms with van der Waals surface area (Å²) in [5.41, 5.74) is 4.80. The van der Waals surface area contributed by atoms with E-state index in [1.165, 1.54) is 0 Å². The van der Waals surface area contributed by atoms with E-state index in [9.17, 15) is 8.42 Å². The number of sulfonamides is 1. The second kappa shape index (κ2) is 6.49. The standard InChI is InChI=1S/C20H19NO2S/c1-15-10-12-19(13-11-15)24(22,23)21-18-8-5-7-17(14-18)20-9-4-3-6-16(20)2/h3-14,21H,1-2H3. The van der Waals surface area contributed by atoms with Gasteiger partial charge in [-0.2, -0.15) is 0 Å². The lowest BCUT2D eigenvalue weighted by molar-refractivity contribution is 0.601. The van der Waals surface area contributed by atoms with Gasteiger partial charge in [0.15, 0.2) is 0 Å². The van der Waals surface area contributed by atoms with E-state index >= 15 is 0 Å². The highest BCUT2D eigenvalue weighted by Gasteiger charge is 2.14. The molecule has 24 heavy (non-hydrogen) atoms. The summed E-state index contributed by atoms with van der Waals surface area (Å²) >= 11 is 0. The molecule has 0 amide bonds. The van der Waals surface area contributed by atoms with Gasteiger partial charge in [0.2, 0.25) is 0 Å². The molecule has 0 aliphatic rings. The molecule has 122 valence electrons. The van der Waals surface area contributed by atoms with Crippen LogP contribution in [0.25, 0.3) is 11.1 Å². The Kier molecular flexibility index (Phi) is 4.40. The first kappa shape index (κ1) is 16.3. The summed E-state index contributed by atoms with van der Waals surface area (Å²) in [5.74, 6) is 0. The van der Waals surface area contributed by atoms with Crippen molar-refractivity contribution < 1.29 is 8.42 Å². The molecule has 0 spiro atoms. The molecule has 3 aromatic carbocycles. The average Bonchev–Trinajstić information content (AvgIpc) is 2.55. The summed E-state index contributed by atoms with van der Waals surface area (Å²) in [4.78, 5) is 0.259. The van der Waals surface area contributed by atoms with Crippen LogP contribution in [0.4, 0.5) is 5.69 Å². The van der Waals surface area contributed by atoms with Crippen molar-refractivity contribution in [1.29, 1.82) is 0 Å². The molecule has 0 fully saturated rings. The van der Waals surface area contributed by atoms with E-state index in [1.807, 2.05) is 56.3 Å². The van der Waals surface area contributed by atoms with Crippen LogP contribution in [-0.4, -0.2) is 8.42 Å². The van der Waals surface area contributed by atoms with Crippen LogP contribution < -0.4 is 4.72 Å². The van der Waals surface area contributed by atoms with Crippen molar-refractivity contribution in [2.75, 3.05) is 4.72 Å². The van der Waals surface area contributed by atoms with E-state index in [2.05, 4.69) is 4.72 Å². The van der Waals surface area contributed by atoms with Gasteiger partial charge in [0.05, 0.1) is 4.90 Å². The summed E-state index contributed by atoms with van der Waals surface area (Å²) in [6.45, 7) is 3.97. The van der Waals surface area contributed by atoms with Crippen molar-refractivity contribution in [2.45, 2.75) is 18.7 Å². The molecular formula is C20H19NO2S. The number of hydrogen-bond donors (Lipinski definition) is 1. The normalized spacial score (nSPS) is 11.2. The van der Waals surface area contributed by atoms with Crippen molar-refractivity contribution in [2.24, 2.45) is 0 Å². The topological polar surface area (TPSA) is 46.2 Å². The summed E-state index contributed by atoms with van der Waals surface area (Å²) in [5, 5.41) is 0. The van der Waals surface area contributed by atoms with Crippen LogP contribution in [0.15, 0.2) is 77.7 Å². The summed E-state index contributed by atoms with van der Waals surface area (Å²) in [6, 6.07) is 22.3. The molecule has 1 N–H and O–H groups in total. The quantitative estimate of drug-likeness (QED) is 0.745. The number of anilines is 1. The molecule has 0 aliphatic carbocycles. The molecule has 3 nitrogen and oxygen atoms in total. The van der Waals surface area contributed by atoms with Crippen LogP contribution in [-0.2, 0) is 10.0 Å². The first-order chi connectivity index (χ1) is 11.5. The third-order valence-corrected chi connectivity index (χ3v) is 5.30. The predicted molar refractivity (Wildman–Crippen MR) is 98.6 cm³/mol. The van der Waals surface area contributed by atoms with Crippen molar-refractivity contribution in [3.05, 3.63) is 83.9 Å². The molecule has 3 aromatic rings. The maximum atomic E-state index is 12.5. The molecule has 4 heteroatoms. The molecule has 0 aromatic heterocycles. The zero-order chi connectivity index (χ0) is 17.2. The summed E-state index contributed by atoms with van der Waals surface area (Å²) in [6.07, 6.45) is 0. The minimum absolute atomic E-state index is 0.259. The monoisotopic (exact) mass is 337 g/mol. The van der Waals surface area contributed by atoms with E-state index in [-0.39, 0.29) is 4.90 Å². The lowest BCUT2D eigenvalue weighted by atomic mass is 10.0. The molecule has 0 bridgehead atoms. The second-order valence-corrected chi connectivity index (χ2v) is 7.50. The third kappa shape index (κ3) is 3.49. The lowest BCUT2D eigenvalue weighted by Gasteiger charge is -2.11. The van der Waals surface area contributed by atoms with Gasteiger partial charge in [-0.05, 0) is 54.8 Å². The van der Waals surface area contributed by atoms with Gasteiger partial charge in [-0.25, -0.2) is 8.42 Å². The fourth-order valence-electron chi connectivity index (χ4n) is 2.58. The summed E-state index contributed by atoms with van der Waals surface area (Å²) < 4.78 is 27.7. The van der Waals surface area contributed by atoms with Gasteiger partial charge in [-0.15, -0.1) is 0 Å². The highest BCUT2D eigenvalue weighted by molar-refractivity contribution is 7.92. The van der Waals surface area contributed by atoms with Gasteiger partial charge in [-0.3, -0.25) is 4.72 Å². The Hall–Kier alpha value is -2.59. The van der Waals surface area contributed by atoms with Crippen molar-refractivity contribution >= 4 is 15.7 Å². The van der Waals surface area contributed by atoms with Crippen LogP contribution in [0.5, 0.6) is 0 Å². The van der Waals surface area contributed by atoms with E-state index < -0.39 is 10.0 Å². The van der Waals surface area contributed by atoms with Crippen LogP contribution in [0, 0.1) is 13.8 Å². The Labute approximate surface area is 143 Å². The molecular weight excluding hydrogens is 318 g/mol. The minimum Gasteiger partial charge on any atom is -0.280 e. The lowest BCUT2D eigenvalue weighted by Crippen LogP contribution is -2.12. The Balaban J connectivity index is 1.92. The predicted octanol–water partition coefficient (Wildman–Crippen LogP) is 4.77. The van der Waals surface area contributed by atoms with E-state index in [4.69, 9.17) is 0 Å². The van der Waals surface area contributed by atoms with Gasteiger partial charge < -0.3 is 0 Å². The molecule has 0 atom stereocenters. The third-order valence-electron chi connectivity index (χ3n) is 3.90. The average molecular weight is 337 g/mol. The number of nitrogens with one attached hydrogen (secondary N) is 1. The first-order valence-electron chi connectivity index (χ1n) is 7.71. The maximum Gasteiger partial charge on any atom is 0.261 e. The Bertz CT molecular complexity index is 961. The second-order valence-electron chi connectivity index (χ2n) is 5.81. The van der Waals surface area contributed by atoms with Crippen LogP contribution in [0.3, 0.4) is 0 Å². The highest BCUT2D eigenvalue weighted by atomic mass is 32.2. The number of benzene rings is 3. The molecule has 0 aliphatic heterocycles. The van der Waals surface area contributed by atoms with Gasteiger partial charge in [-0.1, -0.05) is 54.1 Å². The number of rotatable bonds is 4. The van der Waals surface area contributed by atoms with Crippen molar-refractivity contribution in [3.63, 3.8) is 0 Å². The van der Waals surface area contributed by atoms with E-state index in [0.717, 1.165) is 22.3 Å². The fraction of sp³-hybridized carbons (Fsp3) is 0.100. The smallest absolute Gasteiger partial charge is 0.261 e. The zero-order valence-corrected chi connectivity index (χ0v) is 14.5. The van der Waals surface area contributed by atoms with E-state index in [1.54, 1.807) is 30.3 Å². The molecule has 0 radical (unpaired) electrons. The Morgan fingerprint density at radius 3 is 2.21 bits per heavy atom. The van der Waals surface area contributed by atoms with Gasteiger partial charge in [0.25, 0.3) is 10.0 Å². The van der Waals surface area contributed by atoms with Gasteiger partial charge >= 0.3 is 0 Å². The van der Waals surface area contributed by atoms with Gasteiger partial charge in [0, 0.05) is 5.69 Å². The highest BCUT2D eigenvalue weighted by Crippen LogP contribution is 2.26. The van der Waals surface area contributed by atoms with Crippen molar-refractivity contribution in [3.8, 4) is 11.1 Å². The number of aryl methyl sites for hydroxylation is 2. The van der Waals surface area contributed by atoms with Crippen LogP contribution >= 0.6 is 0 Å². The Morgan fingerprint density at radius 1 is 0.792 bits per heavy atom. The molecule has 0 heterocycles. The van der Waals surface area contributed by atoms with Gasteiger partial charge in [0.1, 0.15) is 0 Å². The molecule has 3 rings (SSSR count). The molecule has 0 saturated heterocycles. The van der Waals surface area contributed by atoms with E-state index in [0.29, 0.717) is 5.69 Å². The van der Waals surface area contributed by atoms with Crippen LogP contribution in [0.2, 0.25) is 0 Å². The fourth-order valence-corrected chi connectivity index (χ4v) is 3.63. The zero-order valence-electron chi connectivity index (χ0n) is 13.7. The van der Waals surface area contributed by atoms with Crippen LogP contribution in [0.1, 0.15) is 11.1 Å². The number of hydrogen-bond acceptors (Lipinski definition) is 2. The molecule has 0 saturated carbocycles. The Morgan fingerprint density at radius 2 is 1.50 bits per heavy atom. The largest absolute Gasteiger partial charge is 0.280 e. The first-order valence-corrected chi connectivity index (χ1v) is 9.19. The SMILES string of the molecule is Cc1ccc(S(=O)(=O)Nc2cccc(-c3ccccc3C)c2)cc1. The maximum absolute atomic E-state index is 12.5. The van der Waals surface area contributed by atoms with Crippen molar-refractivity contribution in [1.82, 2.24) is 0 Å². The summed E-state index contributed by atoms with van der Waals surface area (Å²) in [7, 11) is -3.59. The minimum atomic E-state index is -3.59. The molecule has 0 unspecified atom stereocenters.